The molecule has 0 bridgehead atoms. The van der Waals surface area contributed by atoms with E-state index in [2.05, 4.69) is 22.5 Å². The molecule has 1 N–H and O–H groups in total. The van der Waals surface area contributed by atoms with Gasteiger partial charge in [-0.1, -0.05) is 36.4 Å². The number of rotatable bonds is 5. The summed E-state index contributed by atoms with van der Waals surface area (Å²) in [6, 6.07) is 19.1. The molecule has 168 valence electrons. The number of carbonyl (C=O) groups excluding carboxylic acids is 2. The van der Waals surface area contributed by atoms with Gasteiger partial charge in [0.05, 0.1) is 30.3 Å². The number of fused-ring (bicyclic) bond motifs is 1. The van der Waals surface area contributed by atoms with Gasteiger partial charge < -0.3 is 15.0 Å². The fraction of sp³-hybridized carbons (Fsp3) is 0.240. The number of aryl methyl sites for hydroxylation is 1. The second-order valence-corrected chi connectivity index (χ2v) is 9.03. The smallest absolute Gasteiger partial charge is 0.265 e. The molecule has 1 aliphatic rings. The minimum Gasteiger partial charge on any atom is -0.378 e. The van der Waals surface area contributed by atoms with Crippen LogP contribution in [0.4, 0.5) is 5.69 Å². The fourth-order valence-corrected chi connectivity index (χ4v) is 5.02. The van der Waals surface area contributed by atoms with Crippen molar-refractivity contribution >= 4 is 39.1 Å². The highest BCUT2D eigenvalue weighted by Crippen LogP contribution is 2.29. The number of hydrogen-bond donors (Lipinski definition) is 1. The minimum absolute atomic E-state index is 0.0483. The first-order valence-corrected chi connectivity index (χ1v) is 11.7. The molecule has 0 saturated carbocycles. The number of thiophene rings is 1. The number of amides is 2. The van der Waals surface area contributed by atoms with Gasteiger partial charge in [-0.15, -0.1) is 11.3 Å². The van der Waals surface area contributed by atoms with Crippen molar-refractivity contribution in [1.82, 2.24) is 14.7 Å². The summed E-state index contributed by atoms with van der Waals surface area (Å²) in [6.07, 6.45) is 0. The van der Waals surface area contributed by atoms with Crippen LogP contribution in [0.5, 0.6) is 0 Å². The van der Waals surface area contributed by atoms with Crippen LogP contribution in [0.15, 0.2) is 60.7 Å². The number of anilines is 1. The molecule has 0 spiro atoms. The van der Waals surface area contributed by atoms with Crippen LogP contribution in [0.25, 0.3) is 10.2 Å². The second-order valence-electron chi connectivity index (χ2n) is 8.00. The average molecular weight is 461 g/mol. The molecule has 0 radical (unpaired) electrons. The standard InChI is InChI=1S/C25H24N4O3S/c1-17-21-15-22(33-25(21)29(27-17)16-18-6-3-2-4-7-18)23(30)26-20-9-5-8-19(14-20)24(31)28-10-12-32-13-11-28/h2-9,14-15H,10-13,16H2,1H3,(H,26,30). The molecule has 7 nitrogen and oxygen atoms in total. The Bertz CT molecular complexity index is 1310. The van der Waals surface area contributed by atoms with Gasteiger partial charge in [-0.3, -0.25) is 14.3 Å². The Balaban J connectivity index is 1.34. The third-order valence-corrected chi connectivity index (χ3v) is 6.82. The first kappa shape index (κ1) is 21.4. The Kier molecular flexibility index (Phi) is 5.93. The van der Waals surface area contributed by atoms with Crippen LogP contribution in [0.3, 0.4) is 0 Å². The maximum absolute atomic E-state index is 13.0. The Morgan fingerprint density at radius 2 is 1.85 bits per heavy atom. The number of benzene rings is 2. The molecule has 5 rings (SSSR count). The Morgan fingerprint density at radius 1 is 1.06 bits per heavy atom. The van der Waals surface area contributed by atoms with Crippen molar-refractivity contribution in [2.75, 3.05) is 31.6 Å². The number of aromatic nitrogens is 2. The Morgan fingerprint density at radius 3 is 2.64 bits per heavy atom. The van der Waals surface area contributed by atoms with Crippen molar-refractivity contribution in [1.29, 1.82) is 0 Å². The fourth-order valence-electron chi connectivity index (χ4n) is 3.96. The van der Waals surface area contributed by atoms with Gasteiger partial charge in [-0.2, -0.15) is 5.10 Å². The van der Waals surface area contributed by atoms with Gasteiger partial charge in [0.25, 0.3) is 11.8 Å². The molecule has 1 aliphatic heterocycles. The van der Waals surface area contributed by atoms with E-state index in [1.807, 2.05) is 35.9 Å². The quantitative estimate of drug-likeness (QED) is 0.485. The maximum atomic E-state index is 13.0. The third kappa shape index (κ3) is 4.53. The molecule has 0 aliphatic carbocycles. The lowest BCUT2D eigenvalue weighted by Gasteiger charge is -2.27. The number of ether oxygens (including phenoxy) is 1. The molecule has 3 heterocycles. The summed E-state index contributed by atoms with van der Waals surface area (Å²) in [5.74, 6) is -0.245. The van der Waals surface area contributed by atoms with Gasteiger partial charge in [0, 0.05) is 29.7 Å². The van der Waals surface area contributed by atoms with Crippen molar-refractivity contribution in [3.05, 3.63) is 82.4 Å². The van der Waals surface area contributed by atoms with Crippen LogP contribution in [0, 0.1) is 6.92 Å². The number of nitrogens with zero attached hydrogens (tertiary/aromatic N) is 3. The lowest BCUT2D eigenvalue weighted by molar-refractivity contribution is 0.0303. The molecule has 2 aromatic carbocycles. The first-order valence-electron chi connectivity index (χ1n) is 10.9. The minimum atomic E-state index is -0.196. The summed E-state index contributed by atoms with van der Waals surface area (Å²) in [5, 5.41) is 8.58. The Labute approximate surface area is 195 Å². The van der Waals surface area contributed by atoms with E-state index in [1.54, 1.807) is 29.2 Å². The third-order valence-electron chi connectivity index (χ3n) is 5.67. The monoisotopic (exact) mass is 460 g/mol. The number of carbonyl (C=O) groups is 2. The lowest BCUT2D eigenvalue weighted by atomic mass is 10.1. The topological polar surface area (TPSA) is 76.5 Å². The van der Waals surface area contributed by atoms with E-state index < -0.39 is 0 Å². The molecular formula is C25H24N4O3S. The molecule has 8 heteroatoms. The number of nitrogens with one attached hydrogen (secondary N) is 1. The van der Waals surface area contributed by atoms with Gasteiger partial charge in [-0.25, -0.2) is 0 Å². The van der Waals surface area contributed by atoms with Crippen LogP contribution in [0.2, 0.25) is 0 Å². The predicted molar refractivity (Wildman–Crippen MR) is 129 cm³/mol. The van der Waals surface area contributed by atoms with E-state index in [4.69, 9.17) is 4.74 Å². The van der Waals surface area contributed by atoms with E-state index >= 15 is 0 Å². The Hall–Kier alpha value is -3.49. The zero-order valence-electron chi connectivity index (χ0n) is 18.3. The van der Waals surface area contributed by atoms with Gasteiger partial charge in [-0.05, 0) is 36.8 Å². The van der Waals surface area contributed by atoms with Gasteiger partial charge in [0.1, 0.15) is 4.83 Å². The molecule has 33 heavy (non-hydrogen) atoms. The summed E-state index contributed by atoms with van der Waals surface area (Å²) in [4.78, 5) is 29.1. The molecule has 2 aromatic heterocycles. The van der Waals surface area contributed by atoms with Crippen molar-refractivity contribution in [2.45, 2.75) is 13.5 Å². The number of hydrogen-bond acceptors (Lipinski definition) is 5. The van der Waals surface area contributed by atoms with E-state index in [0.717, 1.165) is 21.5 Å². The molecule has 4 aromatic rings. The van der Waals surface area contributed by atoms with Crippen molar-refractivity contribution in [3.8, 4) is 0 Å². The molecule has 0 unspecified atom stereocenters. The molecule has 2 amide bonds. The summed E-state index contributed by atoms with van der Waals surface area (Å²) < 4.78 is 7.27. The maximum Gasteiger partial charge on any atom is 0.265 e. The zero-order valence-corrected chi connectivity index (χ0v) is 19.1. The van der Waals surface area contributed by atoms with Crippen molar-refractivity contribution < 1.29 is 14.3 Å². The van der Waals surface area contributed by atoms with Crippen molar-refractivity contribution in [2.24, 2.45) is 0 Å². The summed E-state index contributed by atoms with van der Waals surface area (Å²) in [5.41, 5.74) is 3.21. The lowest BCUT2D eigenvalue weighted by Crippen LogP contribution is -2.40. The highest BCUT2D eigenvalue weighted by molar-refractivity contribution is 7.20. The van der Waals surface area contributed by atoms with Crippen LogP contribution >= 0.6 is 11.3 Å². The summed E-state index contributed by atoms with van der Waals surface area (Å²) in [6.45, 7) is 4.87. The van der Waals surface area contributed by atoms with Crippen LogP contribution < -0.4 is 5.32 Å². The highest BCUT2D eigenvalue weighted by Gasteiger charge is 2.20. The van der Waals surface area contributed by atoms with E-state index in [-0.39, 0.29) is 11.8 Å². The molecule has 0 atom stereocenters. The van der Waals surface area contributed by atoms with Gasteiger partial charge >= 0.3 is 0 Å². The van der Waals surface area contributed by atoms with E-state index in [9.17, 15) is 9.59 Å². The predicted octanol–water partition coefficient (Wildman–Crippen LogP) is 4.18. The normalized spacial score (nSPS) is 13.9. The highest BCUT2D eigenvalue weighted by atomic mass is 32.1. The average Bonchev–Trinajstić information content (AvgIpc) is 3.41. The largest absolute Gasteiger partial charge is 0.378 e. The summed E-state index contributed by atoms with van der Waals surface area (Å²) >= 11 is 1.42. The molecule has 1 saturated heterocycles. The zero-order chi connectivity index (χ0) is 22.8. The van der Waals surface area contributed by atoms with E-state index in [0.29, 0.717) is 49.0 Å². The van der Waals surface area contributed by atoms with Gasteiger partial charge in [0.15, 0.2) is 0 Å². The first-order chi connectivity index (χ1) is 16.1. The van der Waals surface area contributed by atoms with Gasteiger partial charge in [0.2, 0.25) is 0 Å². The second kappa shape index (κ2) is 9.17. The summed E-state index contributed by atoms with van der Waals surface area (Å²) in [7, 11) is 0. The van der Waals surface area contributed by atoms with Crippen LogP contribution in [0.1, 0.15) is 31.3 Å². The SMILES string of the molecule is Cc1nn(Cc2ccccc2)c2sc(C(=O)Nc3cccc(C(=O)N4CCOCC4)c3)cc12. The molecular weight excluding hydrogens is 436 g/mol. The van der Waals surface area contributed by atoms with E-state index in [1.165, 1.54) is 11.3 Å². The van der Waals surface area contributed by atoms with Crippen LogP contribution in [-0.2, 0) is 11.3 Å². The number of morpholine rings is 1. The van der Waals surface area contributed by atoms with Crippen LogP contribution in [-0.4, -0.2) is 52.8 Å². The van der Waals surface area contributed by atoms with Crippen molar-refractivity contribution in [3.63, 3.8) is 0 Å². The molecule has 1 fully saturated rings.